The number of nitrogens with one attached hydrogen (secondary N) is 2. The second-order valence-corrected chi connectivity index (χ2v) is 5.98. The zero-order chi connectivity index (χ0) is 15.8. The molecule has 122 valence electrons. The van der Waals surface area contributed by atoms with E-state index < -0.39 is 0 Å². The molecule has 0 aliphatic heterocycles. The van der Waals surface area contributed by atoms with Gasteiger partial charge in [0.15, 0.2) is 5.96 Å². The zero-order valence-electron chi connectivity index (χ0n) is 14.2. The number of rotatable bonds is 8. The molecular formula is C18H30N4. The molecule has 0 aromatic heterocycles. The third-order valence-corrected chi connectivity index (χ3v) is 4.33. The molecule has 1 fully saturated rings. The van der Waals surface area contributed by atoms with E-state index >= 15 is 0 Å². The highest BCUT2D eigenvalue weighted by Crippen LogP contribution is 2.27. The van der Waals surface area contributed by atoms with Gasteiger partial charge in [-0.15, -0.1) is 0 Å². The molecule has 22 heavy (non-hydrogen) atoms. The molecule has 0 atom stereocenters. The molecule has 0 spiro atoms. The fourth-order valence-electron chi connectivity index (χ4n) is 2.53. The van der Waals surface area contributed by atoms with Crippen molar-refractivity contribution in [2.24, 2.45) is 10.9 Å². The molecule has 4 heteroatoms. The highest BCUT2D eigenvalue weighted by Gasteiger charge is 2.21. The van der Waals surface area contributed by atoms with Crippen LogP contribution < -0.4 is 10.6 Å². The Bertz CT molecular complexity index is 476. The van der Waals surface area contributed by atoms with Crippen LogP contribution in [0.1, 0.15) is 37.8 Å². The average Bonchev–Trinajstić information content (AvgIpc) is 3.38. The molecule has 1 saturated carbocycles. The van der Waals surface area contributed by atoms with Gasteiger partial charge in [0.25, 0.3) is 0 Å². The van der Waals surface area contributed by atoms with Crippen LogP contribution in [0, 0.1) is 5.92 Å². The van der Waals surface area contributed by atoms with Crippen molar-refractivity contribution in [3.63, 3.8) is 0 Å². The van der Waals surface area contributed by atoms with Crippen LogP contribution in [0.15, 0.2) is 29.3 Å². The topological polar surface area (TPSA) is 39.7 Å². The molecule has 0 amide bonds. The normalized spacial score (nSPS) is 15.2. The highest BCUT2D eigenvalue weighted by molar-refractivity contribution is 5.79. The van der Waals surface area contributed by atoms with Gasteiger partial charge in [0.1, 0.15) is 0 Å². The Labute approximate surface area is 135 Å². The van der Waals surface area contributed by atoms with Crippen LogP contribution in [0.2, 0.25) is 0 Å². The largest absolute Gasteiger partial charge is 0.356 e. The van der Waals surface area contributed by atoms with E-state index in [2.05, 4.69) is 58.6 Å². The lowest BCUT2D eigenvalue weighted by Gasteiger charge is -2.20. The molecule has 1 aromatic rings. The number of nitrogens with zero attached hydrogens (tertiary/aromatic N) is 2. The summed E-state index contributed by atoms with van der Waals surface area (Å²) in [6.07, 6.45) is 2.72. The first-order valence-electron chi connectivity index (χ1n) is 8.50. The zero-order valence-corrected chi connectivity index (χ0v) is 14.2. The van der Waals surface area contributed by atoms with Crippen LogP contribution in [-0.2, 0) is 13.1 Å². The van der Waals surface area contributed by atoms with E-state index in [-0.39, 0.29) is 0 Å². The number of hydrogen-bond donors (Lipinski definition) is 2. The van der Waals surface area contributed by atoms with Crippen LogP contribution in [0.5, 0.6) is 0 Å². The summed E-state index contributed by atoms with van der Waals surface area (Å²) in [7, 11) is 1.84. The monoisotopic (exact) mass is 302 g/mol. The standard InChI is InChI=1S/C18H30N4/c1-4-22(5-2)14-17-9-7-6-8-16(17)13-21-18(19-3)20-12-15-10-11-15/h6-9,15H,4-5,10-14H2,1-3H3,(H2,19,20,21). The smallest absolute Gasteiger partial charge is 0.191 e. The van der Waals surface area contributed by atoms with Crippen LogP contribution >= 0.6 is 0 Å². The van der Waals surface area contributed by atoms with E-state index in [0.29, 0.717) is 0 Å². The second kappa shape index (κ2) is 8.79. The van der Waals surface area contributed by atoms with Gasteiger partial charge in [-0.2, -0.15) is 0 Å². The van der Waals surface area contributed by atoms with Gasteiger partial charge in [0, 0.05) is 26.7 Å². The van der Waals surface area contributed by atoms with Crippen molar-refractivity contribution in [2.75, 3.05) is 26.7 Å². The van der Waals surface area contributed by atoms with Crippen molar-refractivity contribution in [3.05, 3.63) is 35.4 Å². The lowest BCUT2D eigenvalue weighted by atomic mass is 10.1. The molecule has 0 radical (unpaired) electrons. The number of hydrogen-bond acceptors (Lipinski definition) is 2. The number of aliphatic imine (C=N–C) groups is 1. The summed E-state index contributed by atoms with van der Waals surface area (Å²) in [5, 5.41) is 6.85. The maximum Gasteiger partial charge on any atom is 0.191 e. The van der Waals surface area contributed by atoms with Crippen molar-refractivity contribution in [3.8, 4) is 0 Å². The Morgan fingerprint density at radius 2 is 1.82 bits per heavy atom. The Kier molecular flexibility index (Phi) is 6.72. The van der Waals surface area contributed by atoms with Crippen LogP contribution in [0.4, 0.5) is 0 Å². The quantitative estimate of drug-likeness (QED) is 0.573. The van der Waals surface area contributed by atoms with E-state index in [1.165, 1.54) is 24.0 Å². The molecule has 1 aliphatic carbocycles. The van der Waals surface area contributed by atoms with Gasteiger partial charge >= 0.3 is 0 Å². The van der Waals surface area contributed by atoms with Gasteiger partial charge < -0.3 is 10.6 Å². The first-order valence-corrected chi connectivity index (χ1v) is 8.50. The number of guanidine groups is 1. The first-order chi connectivity index (χ1) is 10.8. The van der Waals surface area contributed by atoms with Gasteiger partial charge in [-0.1, -0.05) is 38.1 Å². The van der Waals surface area contributed by atoms with E-state index in [0.717, 1.165) is 44.6 Å². The van der Waals surface area contributed by atoms with Gasteiger partial charge in [-0.3, -0.25) is 9.89 Å². The lowest BCUT2D eigenvalue weighted by Crippen LogP contribution is -2.38. The fraction of sp³-hybridized carbons (Fsp3) is 0.611. The van der Waals surface area contributed by atoms with E-state index in [4.69, 9.17) is 0 Å². The summed E-state index contributed by atoms with van der Waals surface area (Å²) < 4.78 is 0. The molecule has 0 heterocycles. The predicted molar refractivity (Wildman–Crippen MR) is 94.0 cm³/mol. The summed E-state index contributed by atoms with van der Waals surface area (Å²) in [5.74, 6) is 1.76. The van der Waals surface area contributed by atoms with Gasteiger partial charge in [0.05, 0.1) is 0 Å². The average molecular weight is 302 g/mol. The summed E-state index contributed by atoms with van der Waals surface area (Å²) in [6, 6.07) is 8.68. The molecule has 1 aromatic carbocycles. The van der Waals surface area contributed by atoms with Gasteiger partial charge in [-0.05, 0) is 43.0 Å². The third kappa shape index (κ3) is 5.34. The molecular weight excluding hydrogens is 272 g/mol. The van der Waals surface area contributed by atoms with Crippen LogP contribution in [-0.4, -0.2) is 37.5 Å². The Morgan fingerprint density at radius 1 is 1.14 bits per heavy atom. The van der Waals surface area contributed by atoms with Gasteiger partial charge in [-0.25, -0.2) is 0 Å². The maximum absolute atomic E-state index is 4.31. The summed E-state index contributed by atoms with van der Waals surface area (Å²) in [4.78, 5) is 6.75. The minimum atomic E-state index is 0.821. The van der Waals surface area contributed by atoms with Crippen molar-refractivity contribution < 1.29 is 0 Å². The van der Waals surface area contributed by atoms with E-state index in [1.807, 2.05) is 7.05 Å². The molecule has 4 nitrogen and oxygen atoms in total. The van der Waals surface area contributed by atoms with Crippen molar-refractivity contribution in [1.29, 1.82) is 0 Å². The molecule has 0 saturated heterocycles. The predicted octanol–water partition coefficient (Wildman–Crippen LogP) is 2.60. The lowest BCUT2D eigenvalue weighted by molar-refractivity contribution is 0.295. The fourth-order valence-corrected chi connectivity index (χ4v) is 2.53. The second-order valence-electron chi connectivity index (χ2n) is 5.98. The molecule has 0 bridgehead atoms. The molecule has 1 aliphatic rings. The first kappa shape index (κ1) is 16.8. The Morgan fingerprint density at radius 3 is 2.41 bits per heavy atom. The van der Waals surface area contributed by atoms with Crippen molar-refractivity contribution in [2.45, 2.75) is 39.8 Å². The Balaban J connectivity index is 1.90. The molecule has 0 unspecified atom stereocenters. The summed E-state index contributed by atoms with van der Waals surface area (Å²) in [6.45, 7) is 9.48. The van der Waals surface area contributed by atoms with Crippen molar-refractivity contribution >= 4 is 5.96 Å². The SMILES string of the molecule is CCN(CC)Cc1ccccc1CNC(=NC)NCC1CC1. The summed E-state index contributed by atoms with van der Waals surface area (Å²) in [5.41, 5.74) is 2.75. The van der Waals surface area contributed by atoms with E-state index in [1.54, 1.807) is 0 Å². The minimum absolute atomic E-state index is 0.821. The third-order valence-electron chi connectivity index (χ3n) is 4.33. The molecule has 2 N–H and O–H groups in total. The van der Waals surface area contributed by atoms with Gasteiger partial charge in [0.2, 0.25) is 0 Å². The summed E-state index contributed by atoms with van der Waals surface area (Å²) >= 11 is 0. The maximum atomic E-state index is 4.31. The minimum Gasteiger partial charge on any atom is -0.356 e. The highest BCUT2D eigenvalue weighted by atomic mass is 15.2. The van der Waals surface area contributed by atoms with E-state index in [9.17, 15) is 0 Å². The molecule has 2 rings (SSSR count). The number of benzene rings is 1. The van der Waals surface area contributed by atoms with Crippen LogP contribution in [0.3, 0.4) is 0 Å². The van der Waals surface area contributed by atoms with Crippen molar-refractivity contribution in [1.82, 2.24) is 15.5 Å². The Hall–Kier alpha value is -1.55. The van der Waals surface area contributed by atoms with Crippen LogP contribution in [0.25, 0.3) is 0 Å².